The second kappa shape index (κ2) is 8.22. The zero-order valence-corrected chi connectivity index (χ0v) is 16.5. The number of nitrogens with one attached hydrogen (secondary N) is 1. The van der Waals surface area contributed by atoms with Gasteiger partial charge in [-0.05, 0) is 43.2 Å². The lowest BCUT2D eigenvalue weighted by molar-refractivity contribution is 0.0909. The number of rotatable bonds is 7. The number of imidazole rings is 1. The van der Waals surface area contributed by atoms with Crippen LogP contribution < -0.4 is 10.1 Å². The minimum atomic E-state index is -0.290. The predicted octanol–water partition coefficient (Wildman–Crippen LogP) is 4.37. The number of nitrogens with zero attached hydrogens (tertiary/aromatic N) is 2. The smallest absolute Gasteiger partial charge is 0.287 e. The van der Waals surface area contributed by atoms with E-state index in [0.29, 0.717) is 0 Å². The van der Waals surface area contributed by atoms with Crippen LogP contribution in [0.3, 0.4) is 0 Å². The second-order valence-electron chi connectivity index (χ2n) is 6.88. The lowest BCUT2D eigenvalue weighted by Crippen LogP contribution is -2.28. The number of amides is 1. The Labute approximate surface area is 169 Å². The van der Waals surface area contributed by atoms with Gasteiger partial charge < -0.3 is 19.0 Å². The molecule has 1 atom stereocenters. The molecule has 4 rings (SSSR count). The molecule has 1 unspecified atom stereocenters. The van der Waals surface area contributed by atoms with Crippen LogP contribution >= 0.6 is 0 Å². The van der Waals surface area contributed by atoms with Crippen LogP contribution in [0.5, 0.6) is 5.75 Å². The maximum atomic E-state index is 12.4. The summed E-state index contributed by atoms with van der Waals surface area (Å²) < 4.78 is 12.8. The third-order valence-electron chi connectivity index (χ3n) is 4.93. The van der Waals surface area contributed by atoms with Crippen molar-refractivity contribution >= 4 is 16.9 Å². The summed E-state index contributed by atoms with van der Waals surface area (Å²) in [5.41, 5.74) is 3.10. The van der Waals surface area contributed by atoms with Crippen LogP contribution in [0.15, 0.2) is 71.3 Å². The molecule has 0 fully saturated rings. The van der Waals surface area contributed by atoms with E-state index in [4.69, 9.17) is 14.1 Å². The summed E-state index contributed by atoms with van der Waals surface area (Å²) in [6.07, 6.45) is 2.34. The molecule has 0 saturated carbocycles. The first-order chi connectivity index (χ1) is 14.2. The number of fused-ring (bicyclic) bond motifs is 1. The molecule has 0 bridgehead atoms. The van der Waals surface area contributed by atoms with E-state index >= 15 is 0 Å². The highest BCUT2D eigenvalue weighted by atomic mass is 16.5. The van der Waals surface area contributed by atoms with E-state index in [1.807, 2.05) is 43.3 Å². The number of carbonyl (C=O) groups is 1. The lowest BCUT2D eigenvalue weighted by atomic mass is 10.1. The maximum Gasteiger partial charge on any atom is 0.287 e. The Kier molecular flexibility index (Phi) is 5.33. The van der Waals surface area contributed by atoms with E-state index in [-0.39, 0.29) is 17.7 Å². The van der Waals surface area contributed by atoms with Crippen LogP contribution in [-0.2, 0) is 13.0 Å². The Morgan fingerprint density at radius 1 is 1.17 bits per heavy atom. The minimum absolute atomic E-state index is 0.262. The van der Waals surface area contributed by atoms with Crippen molar-refractivity contribution in [3.63, 3.8) is 0 Å². The monoisotopic (exact) mass is 389 g/mol. The van der Waals surface area contributed by atoms with E-state index in [1.54, 1.807) is 19.2 Å². The predicted molar refractivity (Wildman–Crippen MR) is 111 cm³/mol. The number of methoxy groups -OCH3 is 1. The summed E-state index contributed by atoms with van der Waals surface area (Å²) >= 11 is 0. The third-order valence-corrected chi connectivity index (χ3v) is 4.93. The molecule has 0 aliphatic heterocycles. The first-order valence-corrected chi connectivity index (χ1v) is 9.58. The van der Waals surface area contributed by atoms with E-state index < -0.39 is 0 Å². The normalized spacial score (nSPS) is 12.1. The molecule has 2 heterocycles. The number of aromatic nitrogens is 2. The number of aryl methyl sites for hydroxylation is 2. The molecule has 148 valence electrons. The summed E-state index contributed by atoms with van der Waals surface area (Å²) in [6, 6.07) is 19.2. The van der Waals surface area contributed by atoms with Crippen molar-refractivity contribution < 1.29 is 13.9 Å². The number of ether oxygens (including phenoxy) is 1. The molecule has 2 aromatic heterocycles. The van der Waals surface area contributed by atoms with Gasteiger partial charge in [0.1, 0.15) is 11.6 Å². The van der Waals surface area contributed by atoms with E-state index in [1.165, 1.54) is 11.8 Å². The molecule has 0 aliphatic rings. The maximum absolute atomic E-state index is 12.4. The number of hydrogen-bond acceptors (Lipinski definition) is 4. The first kappa shape index (κ1) is 18.8. The van der Waals surface area contributed by atoms with Crippen molar-refractivity contribution in [1.82, 2.24) is 14.9 Å². The Morgan fingerprint density at radius 3 is 2.72 bits per heavy atom. The van der Waals surface area contributed by atoms with Crippen LogP contribution in [-0.4, -0.2) is 22.6 Å². The van der Waals surface area contributed by atoms with Crippen molar-refractivity contribution in [1.29, 1.82) is 0 Å². The molecule has 4 aromatic rings. The summed E-state index contributed by atoms with van der Waals surface area (Å²) in [7, 11) is 1.65. The fraction of sp³-hybridized carbons (Fsp3) is 0.217. The average Bonchev–Trinajstić information content (AvgIpc) is 3.40. The summed E-state index contributed by atoms with van der Waals surface area (Å²) in [6.45, 7) is 2.67. The van der Waals surface area contributed by atoms with Crippen molar-refractivity contribution in [2.75, 3.05) is 7.11 Å². The summed E-state index contributed by atoms with van der Waals surface area (Å²) in [5, 5.41) is 2.98. The fourth-order valence-corrected chi connectivity index (χ4v) is 3.44. The van der Waals surface area contributed by atoms with Gasteiger partial charge in [0.25, 0.3) is 5.91 Å². The number of hydrogen-bond donors (Lipinski definition) is 1. The molecular weight excluding hydrogens is 366 g/mol. The molecule has 0 spiro atoms. The van der Waals surface area contributed by atoms with Gasteiger partial charge in [0.15, 0.2) is 5.76 Å². The standard InChI is InChI=1S/C23H23N3O3/c1-16(24-23(27)21-9-6-14-29-21)22-25-19-11-10-18(28-2)15-20(19)26(22)13-12-17-7-4-3-5-8-17/h3-11,14-16H,12-13H2,1-2H3,(H,24,27). The molecule has 6 nitrogen and oxygen atoms in total. The van der Waals surface area contributed by atoms with Gasteiger partial charge in [-0.25, -0.2) is 4.98 Å². The molecule has 0 radical (unpaired) electrons. The molecule has 6 heteroatoms. The fourth-order valence-electron chi connectivity index (χ4n) is 3.44. The molecule has 1 N–H and O–H groups in total. The summed E-state index contributed by atoms with van der Waals surface area (Å²) in [5.74, 6) is 1.59. The van der Waals surface area contributed by atoms with Crippen molar-refractivity contribution in [3.8, 4) is 5.75 Å². The van der Waals surface area contributed by atoms with Crippen molar-refractivity contribution in [2.24, 2.45) is 0 Å². The Hall–Kier alpha value is -3.54. The van der Waals surface area contributed by atoms with Crippen molar-refractivity contribution in [3.05, 3.63) is 84.1 Å². The highest BCUT2D eigenvalue weighted by Crippen LogP contribution is 2.25. The van der Waals surface area contributed by atoms with Crippen LogP contribution in [0.2, 0.25) is 0 Å². The topological polar surface area (TPSA) is 69.3 Å². The van der Waals surface area contributed by atoms with E-state index in [0.717, 1.165) is 35.6 Å². The molecule has 1 amide bonds. The highest BCUT2D eigenvalue weighted by Gasteiger charge is 2.20. The Balaban J connectivity index is 1.66. The molecular formula is C23H23N3O3. The van der Waals surface area contributed by atoms with Crippen LogP contribution in [0.1, 0.15) is 34.9 Å². The highest BCUT2D eigenvalue weighted by molar-refractivity contribution is 5.91. The van der Waals surface area contributed by atoms with Crippen LogP contribution in [0.25, 0.3) is 11.0 Å². The minimum Gasteiger partial charge on any atom is -0.497 e. The number of carbonyl (C=O) groups excluding carboxylic acids is 1. The van der Waals surface area contributed by atoms with Crippen LogP contribution in [0, 0.1) is 0 Å². The van der Waals surface area contributed by atoms with Gasteiger partial charge in [0.2, 0.25) is 0 Å². The molecule has 2 aromatic carbocycles. The zero-order valence-electron chi connectivity index (χ0n) is 16.5. The van der Waals surface area contributed by atoms with Gasteiger partial charge in [-0.3, -0.25) is 4.79 Å². The van der Waals surface area contributed by atoms with Gasteiger partial charge in [-0.2, -0.15) is 0 Å². The molecule has 0 saturated heterocycles. The number of benzene rings is 2. The SMILES string of the molecule is COc1ccc2nc(C(C)NC(=O)c3ccco3)n(CCc3ccccc3)c2c1. The Bertz CT molecular complexity index is 1100. The quantitative estimate of drug-likeness (QED) is 0.510. The van der Waals surface area contributed by atoms with E-state index in [2.05, 4.69) is 22.0 Å². The van der Waals surface area contributed by atoms with Gasteiger partial charge in [-0.1, -0.05) is 30.3 Å². The van der Waals surface area contributed by atoms with E-state index in [9.17, 15) is 4.79 Å². The summed E-state index contributed by atoms with van der Waals surface area (Å²) in [4.78, 5) is 17.2. The average molecular weight is 389 g/mol. The van der Waals surface area contributed by atoms with Gasteiger partial charge in [0, 0.05) is 12.6 Å². The Morgan fingerprint density at radius 2 is 2.00 bits per heavy atom. The molecule has 29 heavy (non-hydrogen) atoms. The van der Waals surface area contributed by atoms with Gasteiger partial charge in [0.05, 0.1) is 30.4 Å². The van der Waals surface area contributed by atoms with Gasteiger partial charge in [-0.15, -0.1) is 0 Å². The third kappa shape index (κ3) is 4.01. The first-order valence-electron chi connectivity index (χ1n) is 9.58. The van der Waals surface area contributed by atoms with Crippen molar-refractivity contribution in [2.45, 2.75) is 25.9 Å². The lowest BCUT2D eigenvalue weighted by Gasteiger charge is -2.16. The zero-order chi connectivity index (χ0) is 20.2. The van der Waals surface area contributed by atoms with Crippen LogP contribution in [0.4, 0.5) is 0 Å². The number of furan rings is 1. The van der Waals surface area contributed by atoms with Gasteiger partial charge >= 0.3 is 0 Å². The molecule has 0 aliphatic carbocycles. The largest absolute Gasteiger partial charge is 0.497 e. The second-order valence-corrected chi connectivity index (χ2v) is 6.88.